The van der Waals surface area contributed by atoms with Crippen molar-refractivity contribution in [1.82, 2.24) is 5.32 Å². The highest BCUT2D eigenvalue weighted by molar-refractivity contribution is 7.92. The summed E-state index contributed by atoms with van der Waals surface area (Å²) in [6.07, 6.45) is 1.47. The van der Waals surface area contributed by atoms with Crippen LogP contribution in [0.15, 0.2) is 48.5 Å². The lowest BCUT2D eigenvalue weighted by molar-refractivity contribution is -0.122. The number of rotatable bonds is 8. The van der Waals surface area contributed by atoms with E-state index in [2.05, 4.69) is 5.32 Å². The van der Waals surface area contributed by atoms with Crippen molar-refractivity contribution in [3.63, 3.8) is 0 Å². The van der Waals surface area contributed by atoms with Gasteiger partial charge in [-0.15, -0.1) is 0 Å². The highest BCUT2D eigenvalue weighted by Crippen LogP contribution is 2.24. The van der Waals surface area contributed by atoms with E-state index in [4.69, 9.17) is 4.74 Å². The lowest BCUT2D eigenvalue weighted by Gasteiger charge is -2.31. The third-order valence-electron chi connectivity index (χ3n) is 4.59. The Bertz CT molecular complexity index is 893. The van der Waals surface area contributed by atoms with E-state index in [1.807, 2.05) is 50.2 Å². The summed E-state index contributed by atoms with van der Waals surface area (Å²) in [6, 6.07) is 13.4. The summed E-state index contributed by atoms with van der Waals surface area (Å²) < 4.78 is 31.3. The third-order valence-corrected chi connectivity index (χ3v) is 5.77. The second kappa shape index (κ2) is 9.10. The van der Waals surface area contributed by atoms with Gasteiger partial charge in [0.1, 0.15) is 11.8 Å². The van der Waals surface area contributed by atoms with Crippen LogP contribution in [0.1, 0.15) is 37.4 Å². The molecule has 0 heterocycles. The second-order valence-corrected chi connectivity index (χ2v) is 8.68. The Labute approximate surface area is 167 Å². The van der Waals surface area contributed by atoms with Crippen LogP contribution in [-0.2, 0) is 14.8 Å². The maximum absolute atomic E-state index is 13.0. The molecule has 0 aliphatic rings. The number of hydrogen-bond acceptors (Lipinski definition) is 4. The van der Waals surface area contributed by atoms with Crippen molar-refractivity contribution in [3.8, 4) is 5.75 Å². The molecule has 0 fully saturated rings. The first-order valence-electron chi connectivity index (χ1n) is 9.17. The molecule has 2 aromatic carbocycles. The monoisotopic (exact) mass is 404 g/mol. The quantitative estimate of drug-likeness (QED) is 0.731. The lowest BCUT2D eigenvalue weighted by Crippen LogP contribution is -2.49. The molecule has 28 heavy (non-hydrogen) atoms. The Morgan fingerprint density at radius 1 is 1.11 bits per heavy atom. The number of sulfonamides is 1. The average molecular weight is 405 g/mol. The van der Waals surface area contributed by atoms with Gasteiger partial charge in [0, 0.05) is 0 Å². The van der Waals surface area contributed by atoms with Crippen molar-refractivity contribution in [1.29, 1.82) is 0 Å². The molecular formula is C21H28N2O4S. The van der Waals surface area contributed by atoms with Gasteiger partial charge in [-0.05, 0) is 50.1 Å². The van der Waals surface area contributed by atoms with Gasteiger partial charge >= 0.3 is 0 Å². The van der Waals surface area contributed by atoms with Crippen LogP contribution in [0.2, 0.25) is 0 Å². The van der Waals surface area contributed by atoms with Crippen LogP contribution in [0.3, 0.4) is 0 Å². The zero-order valence-corrected chi connectivity index (χ0v) is 17.8. The van der Waals surface area contributed by atoms with E-state index in [1.54, 1.807) is 26.2 Å². The number of hydrogen-bond donors (Lipinski definition) is 1. The maximum atomic E-state index is 13.0. The summed E-state index contributed by atoms with van der Waals surface area (Å²) in [6.45, 7) is 5.59. The van der Waals surface area contributed by atoms with Crippen LogP contribution in [0.25, 0.3) is 0 Å². The highest BCUT2D eigenvalue weighted by atomic mass is 32.2. The number of benzene rings is 2. The summed E-state index contributed by atoms with van der Waals surface area (Å²) >= 11 is 0. The molecule has 1 N–H and O–H groups in total. The molecule has 2 atom stereocenters. The number of nitrogens with one attached hydrogen (secondary N) is 1. The smallest absolute Gasteiger partial charge is 0.244 e. The van der Waals surface area contributed by atoms with Crippen molar-refractivity contribution >= 4 is 21.6 Å². The Morgan fingerprint density at radius 3 is 2.14 bits per heavy atom. The molecule has 2 aromatic rings. The molecule has 0 spiro atoms. The number of carbonyl (C=O) groups excluding carboxylic acids is 1. The first kappa shape index (κ1) is 21.8. The molecule has 0 unspecified atom stereocenters. The molecule has 0 saturated heterocycles. The molecule has 0 aromatic heterocycles. The SMILES string of the molecule is CC[C@H](C(=O)N[C@H](C)c1ccc(OC)cc1)N(c1ccc(C)cc1)S(C)(=O)=O. The minimum atomic E-state index is -3.64. The van der Waals surface area contributed by atoms with Crippen LogP contribution in [0.4, 0.5) is 5.69 Å². The molecule has 2 rings (SSSR count). The zero-order chi connectivity index (χ0) is 20.9. The molecule has 152 valence electrons. The number of methoxy groups -OCH3 is 1. The van der Waals surface area contributed by atoms with Gasteiger partial charge in [-0.3, -0.25) is 9.10 Å². The van der Waals surface area contributed by atoms with Gasteiger partial charge in [-0.2, -0.15) is 0 Å². The predicted molar refractivity (Wildman–Crippen MR) is 112 cm³/mol. The Morgan fingerprint density at radius 2 is 1.68 bits per heavy atom. The standard InChI is InChI=1S/C21H28N2O4S/c1-6-20(23(28(5,25)26)18-11-7-15(2)8-12-18)21(24)22-16(3)17-9-13-19(27-4)14-10-17/h7-14,16,20H,6H2,1-5H3,(H,22,24)/t16-,20-/m1/s1. The van der Waals surface area contributed by atoms with Crippen molar-refractivity contribution in [2.75, 3.05) is 17.7 Å². The van der Waals surface area contributed by atoms with Crippen LogP contribution < -0.4 is 14.4 Å². The van der Waals surface area contributed by atoms with E-state index >= 15 is 0 Å². The molecule has 0 aliphatic heterocycles. The number of ether oxygens (including phenoxy) is 1. The Hall–Kier alpha value is -2.54. The van der Waals surface area contributed by atoms with Gasteiger partial charge in [0.15, 0.2) is 0 Å². The fourth-order valence-corrected chi connectivity index (χ4v) is 4.25. The predicted octanol–water partition coefficient (Wildman–Crippen LogP) is 3.43. The van der Waals surface area contributed by atoms with Crippen molar-refractivity contribution in [2.45, 2.75) is 39.3 Å². The van der Waals surface area contributed by atoms with Gasteiger partial charge in [-0.1, -0.05) is 36.8 Å². The highest BCUT2D eigenvalue weighted by Gasteiger charge is 2.32. The van der Waals surface area contributed by atoms with Gasteiger partial charge in [-0.25, -0.2) is 8.42 Å². The second-order valence-electron chi connectivity index (χ2n) is 6.82. The van der Waals surface area contributed by atoms with Crippen molar-refractivity contribution in [2.24, 2.45) is 0 Å². The lowest BCUT2D eigenvalue weighted by atomic mass is 10.1. The molecule has 7 heteroatoms. The minimum Gasteiger partial charge on any atom is -0.497 e. The van der Waals surface area contributed by atoms with Crippen molar-refractivity contribution in [3.05, 3.63) is 59.7 Å². The van der Waals surface area contributed by atoms with Gasteiger partial charge in [0.05, 0.1) is 25.1 Å². The molecule has 0 saturated carbocycles. The number of anilines is 1. The van der Waals surface area contributed by atoms with E-state index in [9.17, 15) is 13.2 Å². The first-order chi connectivity index (χ1) is 13.2. The maximum Gasteiger partial charge on any atom is 0.244 e. The van der Waals surface area contributed by atoms with Gasteiger partial charge < -0.3 is 10.1 Å². The van der Waals surface area contributed by atoms with Crippen LogP contribution in [0.5, 0.6) is 5.75 Å². The number of carbonyl (C=O) groups is 1. The fourth-order valence-electron chi connectivity index (χ4n) is 3.04. The van der Waals surface area contributed by atoms with Gasteiger partial charge in [0.25, 0.3) is 0 Å². The molecule has 6 nitrogen and oxygen atoms in total. The molecule has 0 aliphatic carbocycles. The first-order valence-corrected chi connectivity index (χ1v) is 11.0. The largest absolute Gasteiger partial charge is 0.497 e. The van der Waals surface area contributed by atoms with E-state index in [0.717, 1.165) is 23.1 Å². The van der Waals surface area contributed by atoms with E-state index in [-0.39, 0.29) is 11.9 Å². The fraction of sp³-hybridized carbons (Fsp3) is 0.381. The van der Waals surface area contributed by atoms with Crippen molar-refractivity contribution < 1.29 is 17.9 Å². The topological polar surface area (TPSA) is 75.7 Å². The molecular weight excluding hydrogens is 376 g/mol. The van der Waals surface area contributed by atoms with Gasteiger partial charge in [0.2, 0.25) is 15.9 Å². The molecule has 0 radical (unpaired) electrons. The number of aryl methyl sites for hydroxylation is 1. The summed E-state index contributed by atoms with van der Waals surface area (Å²) in [5.74, 6) is 0.396. The Kier molecular flexibility index (Phi) is 7.07. The average Bonchev–Trinajstić information content (AvgIpc) is 2.66. The molecule has 0 bridgehead atoms. The summed E-state index contributed by atoms with van der Waals surface area (Å²) in [5, 5.41) is 2.93. The van der Waals surface area contributed by atoms with Crippen LogP contribution in [0, 0.1) is 6.92 Å². The normalized spacial score (nSPS) is 13.5. The van der Waals surface area contributed by atoms with E-state index in [1.165, 1.54) is 4.31 Å². The van der Waals surface area contributed by atoms with E-state index < -0.39 is 16.1 Å². The summed E-state index contributed by atoms with van der Waals surface area (Å²) in [5.41, 5.74) is 2.40. The molecule has 1 amide bonds. The van der Waals surface area contributed by atoms with Crippen LogP contribution >= 0.6 is 0 Å². The minimum absolute atomic E-state index is 0.271. The van der Waals surface area contributed by atoms with Crippen LogP contribution in [-0.4, -0.2) is 33.7 Å². The number of amides is 1. The third kappa shape index (κ3) is 5.25. The summed E-state index contributed by atoms with van der Waals surface area (Å²) in [7, 11) is -2.05. The Balaban J connectivity index is 2.26. The zero-order valence-electron chi connectivity index (χ0n) is 17.0. The number of nitrogens with zero attached hydrogens (tertiary/aromatic N) is 1. The summed E-state index contributed by atoms with van der Waals surface area (Å²) in [4.78, 5) is 13.0. The van der Waals surface area contributed by atoms with E-state index in [0.29, 0.717) is 12.1 Å².